The first-order chi connectivity index (χ1) is 10.2. The van der Waals surface area contributed by atoms with Crippen molar-refractivity contribution in [1.82, 2.24) is 4.98 Å². The molecule has 0 spiro atoms. The molecular weight excluding hydrogens is 262 g/mol. The molecule has 0 atom stereocenters. The Labute approximate surface area is 122 Å². The third-order valence-corrected chi connectivity index (χ3v) is 4.07. The number of hydrogen-bond acceptors (Lipinski definition) is 2. The van der Waals surface area contributed by atoms with E-state index >= 15 is 0 Å². The van der Waals surface area contributed by atoms with Crippen LogP contribution in [0.2, 0.25) is 0 Å². The van der Waals surface area contributed by atoms with Crippen LogP contribution in [0.4, 0.5) is 11.4 Å². The lowest BCUT2D eigenvalue weighted by atomic mass is 10.1. The summed E-state index contributed by atoms with van der Waals surface area (Å²) < 4.78 is 0. The summed E-state index contributed by atoms with van der Waals surface area (Å²) in [6.45, 7) is 0.736. The number of nitrogens with one attached hydrogen (secondary N) is 1. The minimum absolute atomic E-state index is 0.0379. The van der Waals surface area contributed by atoms with Crippen LogP contribution in [0.3, 0.4) is 0 Å². The van der Waals surface area contributed by atoms with E-state index in [9.17, 15) is 4.79 Å². The van der Waals surface area contributed by atoms with Crippen LogP contribution >= 0.6 is 0 Å². The lowest BCUT2D eigenvalue weighted by Gasteiger charge is -2.16. The second-order valence-electron chi connectivity index (χ2n) is 5.34. The Hall–Kier alpha value is -2.75. The van der Waals surface area contributed by atoms with Crippen molar-refractivity contribution < 1.29 is 4.79 Å². The summed E-state index contributed by atoms with van der Waals surface area (Å²) in [5.41, 5.74) is 10.3. The Morgan fingerprint density at radius 2 is 2.05 bits per heavy atom. The summed E-state index contributed by atoms with van der Waals surface area (Å²) in [5, 5.41) is 0.915. The zero-order valence-corrected chi connectivity index (χ0v) is 11.5. The number of nitrogens with zero attached hydrogens (tertiary/aromatic N) is 1. The maximum absolute atomic E-state index is 12.8. The van der Waals surface area contributed by atoms with Gasteiger partial charge in [-0.2, -0.15) is 0 Å². The number of carbonyl (C=O) groups excluding carboxylic acids is 1. The van der Waals surface area contributed by atoms with Gasteiger partial charge in [0.2, 0.25) is 0 Å². The van der Waals surface area contributed by atoms with Gasteiger partial charge in [0.05, 0.1) is 5.56 Å². The Bertz CT molecular complexity index is 850. The fourth-order valence-electron chi connectivity index (χ4n) is 3.02. The summed E-state index contributed by atoms with van der Waals surface area (Å²) in [6.07, 6.45) is 2.69. The molecule has 0 fully saturated rings. The van der Waals surface area contributed by atoms with Crippen molar-refractivity contribution in [3.63, 3.8) is 0 Å². The molecule has 4 nitrogen and oxygen atoms in total. The van der Waals surface area contributed by atoms with Gasteiger partial charge in [-0.3, -0.25) is 4.79 Å². The SMILES string of the molecule is Nc1ccc2c(C(=O)N3CCc4ccccc43)c[nH]c2c1. The highest BCUT2D eigenvalue weighted by atomic mass is 16.2. The summed E-state index contributed by atoms with van der Waals surface area (Å²) >= 11 is 0. The zero-order chi connectivity index (χ0) is 14.4. The molecule has 4 rings (SSSR count). The van der Waals surface area contributed by atoms with Crippen LogP contribution in [0.25, 0.3) is 10.9 Å². The van der Waals surface area contributed by atoms with E-state index in [2.05, 4.69) is 11.1 Å². The number of anilines is 2. The predicted molar refractivity (Wildman–Crippen MR) is 84.5 cm³/mol. The van der Waals surface area contributed by atoms with Gasteiger partial charge < -0.3 is 15.6 Å². The molecule has 1 aliphatic rings. The molecule has 1 aliphatic heterocycles. The van der Waals surface area contributed by atoms with Crippen molar-refractivity contribution >= 4 is 28.2 Å². The van der Waals surface area contributed by atoms with Gasteiger partial charge in [0, 0.05) is 35.0 Å². The van der Waals surface area contributed by atoms with Crippen molar-refractivity contribution in [3.8, 4) is 0 Å². The number of rotatable bonds is 1. The van der Waals surface area contributed by atoms with Crippen LogP contribution in [-0.2, 0) is 6.42 Å². The quantitative estimate of drug-likeness (QED) is 0.672. The molecule has 2 aromatic carbocycles. The maximum atomic E-state index is 12.8. The smallest absolute Gasteiger partial charge is 0.260 e. The van der Waals surface area contributed by atoms with E-state index in [1.54, 1.807) is 6.20 Å². The van der Waals surface area contributed by atoms with E-state index in [1.807, 2.05) is 41.3 Å². The van der Waals surface area contributed by atoms with Crippen LogP contribution in [-0.4, -0.2) is 17.4 Å². The van der Waals surface area contributed by atoms with Gasteiger partial charge >= 0.3 is 0 Å². The third-order valence-electron chi connectivity index (χ3n) is 4.07. The van der Waals surface area contributed by atoms with Crippen LogP contribution in [0.5, 0.6) is 0 Å². The molecule has 0 saturated carbocycles. The van der Waals surface area contributed by atoms with E-state index in [0.29, 0.717) is 11.3 Å². The number of benzene rings is 2. The standard InChI is InChI=1S/C17H15N3O/c18-12-5-6-13-14(10-19-15(13)9-12)17(21)20-8-7-11-3-1-2-4-16(11)20/h1-6,9-10,19H,7-8,18H2. The zero-order valence-electron chi connectivity index (χ0n) is 11.5. The first-order valence-corrected chi connectivity index (χ1v) is 7.00. The van der Waals surface area contributed by atoms with Crippen LogP contribution < -0.4 is 10.6 Å². The number of hydrogen-bond donors (Lipinski definition) is 2. The predicted octanol–water partition coefficient (Wildman–Crippen LogP) is 2.95. The van der Waals surface area contributed by atoms with Crippen LogP contribution in [0.1, 0.15) is 15.9 Å². The minimum Gasteiger partial charge on any atom is -0.399 e. The van der Waals surface area contributed by atoms with Gasteiger partial charge in [-0.25, -0.2) is 0 Å². The van der Waals surface area contributed by atoms with E-state index in [-0.39, 0.29) is 5.91 Å². The third kappa shape index (κ3) is 1.80. The van der Waals surface area contributed by atoms with Crippen molar-refractivity contribution in [2.75, 3.05) is 17.2 Å². The molecule has 104 valence electrons. The Morgan fingerprint density at radius 1 is 1.19 bits per heavy atom. The molecule has 0 aliphatic carbocycles. The van der Waals surface area contributed by atoms with Gasteiger partial charge in [0.25, 0.3) is 5.91 Å². The molecular formula is C17H15N3O. The van der Waals surface area contributed by atoms with E-state index < -0.39 is 0 Å². The molecule has 4 heteroatoms. The molecule has 21 heavy (non-hydrogen) atoms. The molecule has 0 radical (unpaired) electrons. The van der Waals surface area contributed by atoms with Crippen molar-refractivity contribution in [2.24, 2.45) is 0 Å². The lowest BCUT2D eigenvalue weighted by Crippen LogP contribution is -2.28. The first kappa shape index (κ1) is 12.0. The van der Waals surface area contributed by atoms with Crippen molar-refractivity contribution in [3.05, 3.63) is 59.8 Å². The highest BCUT2D eigenvalue weighted by molar-refractivity contribution is 6.14. The minimum atomic E-state index is 0.0379. The molecule has 1 aromatic heterocycles. The van der Waals surface area contributed by atoms with Crippen LogP contribution in [0.15, 0.2) is 48.7 Å². The average molecular weight is 277 g/mol. The lowest BCUT2D eigenvalue weighted by molar-refractivity contribution is 0.0991. The number of aromatic amines is 1. The summed E-state index contributed by atoms with van der Waals surface area (Å²) in [7, 11) is 0. The van der Waals surface area contributed by atoms with Crippen molar-refractivity contribution in [1.29, 1.82) is 0 Å². The van der Waals surface area contributed by atoms with Crippen molar-refractivity contribution in [2.45, 2.75) is 6.42 Å². The molecule has 2 heterocycles. The highest BCUT2D eigenvalue weighted by Crippen LogP contribution is 2.30. The van der Waals surface area contributed by atoms with Crippen LogP contribution in [0, 0.1) is 0 Å². The fourth-order valence-corrected chi connectivity index (χ4v) is 3.02. The van der Waals surface area contributed by atoms with Gasteiger partial charge in [0.15, 0.2) is 0 Å². The molecule has 3 N–H and O–H groups in total. The molecule has 0 bridgehead atoms. The number of carbonyl (C=O) groups is 1. The maximum Gasteiger partial charge on any atom is 0.260 e. The monoisotopic (exact) mass is 277 g/mol. The largest absolute Gasteiger partial charge is 0.399 e. The number of aromatic nitrogens is 1. The van der Waals surface area contributed by atoms with Gasteiger partial charge in [-0.15, -0.1) is 0 Å². The first-order valence-electron chi connectivity index (χ1n) is 7.00. The Morgan fingerprint density at radius 3 is 2.95 bits per heavy atom. The summed E-state index contributed by atoms with van der Waals surface area (Å²) in [4.78, 5) is 17.8. The number of nitrogens with two attached hydrogens (primary N) is 1. The molecule has 3 aromatic rings. The molecule has 0 saturated heterocycles. The van der Waals surface area contributed by atoms with E-state index in [1.165, 1.54) is 5.56 Å². The second-order valence-corrected chi connectivity index (χ2v) is 5.34. The average Bonchev–Trinajstić information content (AvgIpc) is 3.10. The normalized spacial score (nSPS) is 13.6. The fraction of sp³-hybridized carbons (Fsp3) is 0.118. The van der Waals surface area contributed by atoms with Gasteiger partial charge in [0.1, 0.15) is 0 Å². The highest BCUT2D eigenvalue weighted by Gasteiger charge is 2.26. The second kappa shape index (κ2) is 4.38. The summed E-state index contributed by atoms with van der Waals surface area (Å²) in [6, 6.07) is 13.7. The topological polar surface area (TPSA) is 62.1 Å². The Balaban J connectivity index is 1.78. The number of fused-ring (bicyclic) bond motifs is 2. The van der Waals surface area contributed by atoms with E-state index in [4.69, 9.17) is 5.73 Å². The van der Waals surface area contributed by atoms with E-state index in [0.717, 1.165) is 29.6 Å². The number of para-hydroxylation sites is 1. The Kier molecular flexibility index (Phi) is 2.51. The number of amides is 1. The number of nitrogen functional groups attached to an aromatic ring is 1. The molecule has 1 amide bonds. The number of H-pyrrole nitrogens is 1. The van der Waals surface area contributed by atoms with Gasteiger partial charge in [-0.1, -0.05) is 18.2 Å². The summed E-state index contributed by atoms with van der Waals surface area (Å²) in [5.74, 6) is 0.0379. The van der Waals surface area contributed by atoms with Gasteiger partial charge in [-0.05, 0) is 36.2 Å². The molecule has 0 unspecified atom stereocenters.